The van der Waals surface area contributed by atoms with Gasteiger partial charge in [0.15, 0.2) is 57.8 Å². The first-order valence-electron chi connectivity index (χ1n) is 29.5. The summed E-state index contributed by atoms with van der Waals surface area (Å²) in [6.45, 7) is 39.7. The van der Waals surface area contributed by atoms with Gasteiger partial charge in [0.1, 0.15) is 24.4 Å². The van der Waals surface area contributed by atoms with Gasteiger partial charge >= 0.3 is 40.3 Å². The van der Waals surface area contributed by atoms with Crippen LogP contribution in [0.3, 0.4) is 0 Å². The van der Waals surface area contributed by atoms with Crippen molar-refractivity contribution in [2.45, 2.75) is 243 Å². The van der Waals surface area contributed by atoms with Crippen LogP contribution in [0.15, 0.2) is 12.7 Å². The summed E-state index contributed by atoms with van der Waals surface area (Å²) in [5, 5.41) is 2.98. The van der Waals surface area contributed by atoms with Crippen LogP contribution in [0, 0.1) is 0 Å². The molecule has 462 valence electrons. The lowest BCUT2D eigenvalue weighted by Gasteiger charge is -2.51. The first-order chi connectivity index (χ1) is 38.2. The van der Waals surface area contributed by atoms with Crippen molar-refractivity contribution in [1.29, 1.82) is 0 Å². The number of amides is 1. The number of carbonyl (C=O) groups is 1. The molecule has 82 heavy (non-hydrogen) atoms. The summed E-state index contributed by atoms with van der Waals surface area (Å²) < 4.78 is 97.9. The van der Waals surface area contributed by atoms with Crippen molar-refractivity contribution in [2.24, 2.45) is 0 Å². The van der Waals surface area contributed by atoms with E-state index in [0.717, 1.165) is 19.3 Å². The van der Waals surface area contributed by atoms with Crippen molar-refractivity contribution in [3.05, 3.63) is 12.7 Å². The van der Waals surface area contributed by atoms with Crippen LogP contribution in [0.2, 0.25) is 44.3 Å². The van der Waals surface area contributed by atoms with Gasteiger partial charge in [-0.15, -0.1) is 0 Å². The van der Waals surface area contributed by atoms with Gasteiger partial charge in [-0.1, -0.05) is 131 Å². The number of halogens is 2. The van der Waals surface area contributed by atoms with E-state index in [1.54, 1.807) is 11.6 Å². The average Bonchev–Trinajstić information content (AvgIpc) is 3.08. The molecule has 28 heteroatoms. The molecule has 0 radical (unpaired) electrons. The number of hydrogen-bond acceptors (Lipinski definition) is 19. The van der Waals surface area contributed by atoms with Gasteiger partial charge in [-0.05, 0) is 64.6 Å². The predicted molar refractivity (Wildman–Crippen MR) is 323 cm³/mol. The Morgan fingerprint density at radius 1 is 0.659 bits per heavy atom. The Hall–Kier alpha value is -3.82. The van der Waals surface area contributed by atoms with Crippen LogP contribution in [0.1, 0.15) is 163 Å². The number of aromatic nitrogens is 8. The number of nitrogen functional groups attached to an aromatic ring is 2. The van der Waals surface area contributed by atoms with Crippen LogP contribution in [0.5, 0.6) is 0 Å². The summed E-state index contributed by atoms with van der Waals surface area (Å²) in [7, 11) is -8.47. The van der Waals surface area contributed by atoms with E-state index in [9.17, 15) is 4.79 Å². The number of nitrogens with zero attached hydrogens (tertiary/aromatic N) is 9. The van der Waals surface area contributed by atoms with E-state index < -0.39 is 88.5 Å². The summed E-state index contributed by atoms with van der Waals surface area (Å²) in [6.07, 6.45) is -0.325. The van der Waals surface area contributed by atoms with Gasteiger partial charge in [0.05, 0.1) is 32.5 Å². The maximum Gasteiger partial charge on any atom is 0.415 e. The summed E-state index contributed by atoms with van der Waals surface area (Å²) in [6, 6.07) is 0. The standard InChI is InChI=1S/C30H53FN6O6Si2.C24H43FN6O4Si2/c1-12-13-14-15-39-29(38)36(11)25-23-26(35-28(32)34-25)37(17-33-23)27-30(10,31)24-22(41-27)16-40-44(18(2)3,19(4)5)43-45(42-24,20(6)7)21(8)9;1-13(2)36(14(3)4)32-11-17-19(34-37(35-36,15(5)6)16(7)8)24(9,25)22(33-17)31-12-28-18-20(27-10)29-23(26)30-21(18)31/h17-22,24,27H,12-16H2,1-11H3,(H2,32,34,35);12-17,19,22H,11H2,1-10H3,(H3,26,27,29,30)/t22-,24-,27-,30-;17-,19-,22-,24-/m11/s1. The molecule has 0 bridgehead atoms. The molecule has 4 aromatic heterocycles. The lowest BCUT2D eigenvalue weighted by atomic mass is 9.98. The van der Waals surface area contributed by atoms with E-state index >= 15 is 8.78 Å². The topological polar surface area (TPSA) is 255 Å². The van der Waals surface area contributed by atoms with E-state index in [-0.39, 0.29) is 93.0 Å². The monoisotopic (exact) mass is 1220 g/mol. The van der Waals surface area contributed by atoms with Gasteiger partial charge in [-0.2, -0.15) is 19.9 Å². The molecule has 0 spiro atoms. The molecule has 4 fully saturated rings. The molecule has 8 heterocycles. The van der Waals surface area contributed by atoms with E-state index in [0.29, 0.717) is 17.0 Å². The number of nitrogens with one attached hydrogen (secondary N) is 1. The van der Waals surface area contributed by atoms with Gasteiger partial charge in [0, 0.05) is 14.1 Å². The molecule has 8 rings (SSSR count). The predicted octanol–water partition coefficient (Wildman–Crippen LogP) is 11.8. The summed E-state index contributed by atoms with van der Waals surface area (Å²) in [5.41, 5.74) is 10.3. The number of imidazole rings is 2. The van der Waals surface area contributed by atoms with Crippen LogP contribution < -0.4 is 21.7 Å². The molecular weight excluding hydrogens is 1130 g/mol. The Kier molecular flexibility index (Phi) is 19.9. The lowest BCUT2D eigenvalue weighted by Crippen LogP contribution is -2.66. The quantitative estimate of drug-likeness (QED) is 0.0696. The molecule has 5 N–H and O–H groups in total. The molecule has 1 amide bonds. The minimum atomic E-state index is -3.10. The number of nitrogens with two attached hydrogens (primary N) is 2. The molecular formula is C54H96F2N12O10Si4. The Balaban J connectivity index is 0.000000240. The smallest absolute Gasteiger partial charge is 0.415 e. The third-order valence-electron chi connectivity index (χ3n) is 17.2. The number of rotatable bonds is 16. The van der Waals surface area contributed by atoms with Crippen molar-refractivity contribution in [1.82, 2.24) is 39.0 Å². The number of unbranched alkanes of at least 4 members (excludes halogenated alkanes) is 2. The third-order valence-corrected chi connectivity index (χ3v) is 37.6. The van der Waals surface area contributed by atoms with E-state index in [2.05, 4.69) is 153 Å². The van der Waals surface area contributed by atoms with Crippen LogP contribution in [-0.4, -0.2) is 149 Å². The highest BCUT2D eigenvalue weighted by molar-refractivity contribution is 6.84. The zero-order valence-electron chi connectivity index (χ0n) is 52.5. The van der Waals surface area contributed by atoms with Crippen molar-refractivity contribution in [3.8, 4) is 0 Å². The second kappa shape index (κ2) is 24.9. The van der Waals surface area contributed by atoms with Gasteiger partial charge < -0.3 is 56.9 Å². The van der Waals surface area contributed by atoms with Gasteiger partial charge in [-0.3, -0.25) is 14.0 Å². The minimum absolute atomic E-state index is 0.0283. The number of hydrogen-bond donors (Lipinski definition) is 3. The highest BCUT2D eigenvalue weighted by atomic mass is 28.5. The number of alkyl halides is 2. The number of fused-ring (bicyclic) bond motifs is 4. The van der Waals surface area contributed by atoms with Gasteiger partial charge in [-0.25, -0.2) is 23.5 Å². The van der Waals surface area contributed by atoms with Crippen molar-refractivity contribution in [3.63, 3.8) is 0 Å². The van der Waals surface area contributed by atoms with Crippen LogP contribution in [0.25, 0.3) is 22.3 Å². The SMILES string of the molecule is CCCCCOC(=O)N(C)c1nc(N)nc2c1ncn2[C@@H]1O[C@@H]2CO[Si](C(C)C)(C(C)C)O[Si](C(C)C)(C(C)C)O[C@H]2[C@@]1(C)F.CNc1nc(N)nc2c1ncn2[C@@H]1O[C@@H]2CO[Si](C(C)C)(C(C)C)O[Si](C(C)C)(C(C)C)O[C@H]2[C@@]1(C)F. The maximum absolute atomic E-state index is 17.4. The molecule has 22 nitrogen and oxygen atoms in total. The fourth-order valence-electron chi connectivity index (χ4n) is 12.6. The maximum atomic E-state index is 17.4. The highest BCUT2D eigenvalue weighted by Gasteiger charge is 2.67. The molecule has 4 aliphatic heterocycles. The fraction of sp³-hybridized carbons (Fsp3) is 0.796. The normalized spacial score (nSPS) is 27.9. The zero-order valence-corrected chi connectivity index (χ0v) is 56.5. The minimum Gasteiger partial charge on any atom is -0.449 e. The van der Waals surface area contributed by atoms with Gasteiger partial charge in [0.2, 0.25) is 11.9 Å². The molecule has 0 saturated carbocycles. The summed E-state index contributed by atoms with van der Waals surface area (Å²) in [5.74, 6) is 0.587. The Labute approximate surface area is 488 Å². The van der Waals surface area contributed by atoms with Gasteiger partial charge in [0.25, 0.3) is 0 Å². The summed E-state index contributed by atoms with van der Waals surface area (Å²) in [4.78, 5) is 40.2. The number of carbonyl (C=O) groups excluding carboxylic acids is 1. The largest absolute Gasteiger partial charge is 0.449 e. The number of ether oxygens (including phenoxy) is 3. The molecule has 0 unspecified atom stereocenters. The van der Waals surface area contributed by atoms with Crippen LogP contribution >= 0.6 is 0 Å². The Morgan fingerprint density at radius 2 is 1.05 bits per heavy atom. The van der Waals surface area contributed by atoms with Crippen molar-refractivity contribution >= 4 is 86.2 Å². The van der Waals surface area contributed by atoms with Crippen molar-refractivity contribution in [2.75, 3.05) is 55.6 Å². The van der Waals surface area contributed by atoms with Crippen LogP contribution in [0.4, 0.5) is 37.1 Å². The second-order valence-corrected chi connectivity index (χ2v) is 43.2. The molecule has 4 aliphatic rings. The molecule has 4 aromatic rings. The lowest BCUT2D eigenvalue weighted by molar-refractivity contribution is -0.0594. The molecule has 0 aliphatic carbocycles. The van der Waals surface area contributed by atoms with E-state index in [1.165, 1.54) is 43.0 Å². The zero-order chi connectivity index (χ0) is 61.0. The first-order valence-corrected chi connectivity index (χ1v) is 37.4. The fourth-order valence-corrected chi connectivity index (χ4v) is 35.2. The Morgan fingerprint density at radius 3 is 1.44 bits per heavy atom. The van der Waals surface area contributed by atoms with E-state index in [1.807, 2.05) is 0 Å². The molecule has 8 atom stereocenters. The van der Waals surface area contributed by atoms with Crippen LogP contribution in [-0.2, 0) is 40.1 Å². The first kappa shape index (κ1) is 65.7. The second-order valence-electron chi connectivity index (χ2n) is 25.5. The molecule has 0 aromatic carbocycles. The third kappa shape index (κ3) is 11.7. The molecule has 4 saturated heterocycles. The highest BCUT2D eigenvalue weighted by Crippen LogP contribution is 2.54. The number of anilines is 4. The summed E-state index contributed by atoms with van der Waals surface area (Å²) >= 11 is 0. The van der Waals surface area contributed by atoms with Crippen molar-refractivity contribution < 1.29 is 53.7 Å². The van der Waals surface area contributed by atoms with E-state index in [4.69, 9.17) is 51.6 Å². The average molecular weight is 1220 g/mol. The Bertz CT molecular complexity index is 2810.